The molecule has 1 unspecified atom stereocenters. The summed E-state index contributed by atoms with van der Waals surface area (Å²) in [4.78, 5) is 14.4. The predicted molar refractivity (Wildman–Crippen MR) is 77.7 cm³/mol. The van der Waals surface area contributed by atoms with E-state index in [9.17, 15) is 4.79 Å². The van der Waals surface area contributed by atoms with Gasteiger partial charge >= 0.3 is 0 Å². The Kier molecular flexibility index (Phi) is 3.50. The van der Waals surface area contributed by atoms with Gasteiger partial charge in [-0.3, -0.25) is 4.79 Å². The highest BCUT2D eigenvalue weighted by molar-refractivity contribution is 6.33. The molecule has 1 atom stereocenters. The van der Waals surface area contributed by atoms with Crippen molar-refractivity contribution in [1.29, 1.82) is 0 Å². The van der Waals surface area contributed by atoms with Crippen LogP contribution in [0.5, 0.6) is 0 Å². The van der Waals surface area contributed by atoms with E-state index in [0.717, 1.165) is 30.6 Å². The molecule has 0 bridgehead atoms. The van der Waals surface area contributed by atoms with Crippen molar-refractivity contribution in [3.05, 3.63) is 28.8 Å². The second kappa shape index (κ2) is 5.14. The van der Waals surface area contributed by atoms with Crippen molar-refractivity contribution >= 4 is 23.2 Å². The fourth-order valence-corrected chi connectivity index (χ4v) is 2.85. The SMILES string of the molecule is Cc1ccc(Cl)c(N2CCCC(NC3CC3)C2=O)c1. The summed E-state index contributed by atoms with van der Waals surface area (Å²) in [5, 5.41) is 4.10. The first kappa shape index (κ1) is 12.9. The van der Waals surface area contributed by atoms with Crippen LogP contribution in [0.3, 0.4) is 0 Å². The lowest BCUT2D eigenvalue weighted by Crippen LogP contribution is -2.51. The van der Waals surface area contributed by atoms with Crippen molar-refractivity contribution in [1.82, 2.24) is 5.32 Å². The number of nitrogens with one attached hydrogen (secondary N) is 1. The molecule has 2 aliphatic rings. The van der Waals surface area contributed by atoms with E-state index >= 15 is 0 Å². The van der Waals surface area contributed by atoms with Gasteiger partial charge in [0, 0.05) is 12.6 Å². The van der Waals surface area contributed by atoms with Gasteiger partial charge in [-0.05, 0) is 50.3 Å². The van der Waals surface area contributed by atoms with Gasteiger partial charge in [0.2, 0.25) is 5.91 Å². The average Bonchev–Trinajstić information content (AvgIpc) is 3.19. The van der Waals surface area contributed by atoms with Crippen molar-refractivity contribution in [3.8, 4) is 0 Å². The van der Waals surface area contributed by atoms with Gasteiger partial charge in [-0.2, -0.15) is 0 Å². The molecular weight excluding hydrogens is 260 g/mol. The van der Waals surface area contributed by atoms with Crippen LogP contribution in [0.4, 0.5) is 5.69 Å². The first-order valence-corrected chi connectivity index (χ1v) is 7.36. The highest BCUT2D eigenvalue weighted by Gasteiger charge is 2.34. The summed E-state index contributed by atoms with van der Waals surface area (Å²) in [5.74, 6) is 0.172. The number of halogens is 1. The number of piperidine rings is 1. The predicted octanol–water partition coefficient (Wildman–Crippen LogP) is 2.90. The number of carbonyl (C=O) groups excluding carboxylic acids is 1. The minimum Gasteiger partial charge on any atom is -0.310 e. The van der Waals surface area contributed by atoms with Gasteiger partial charge in [-0.25, -0.2) is 0 Å². The molecular formula is C15H19ClN2O. The zero-order chi connectivity index (χ0) is 13.4. The van der Waals surface area contributed by atoms with Crippen molar-refractivity contribution < 1.29 is 4.79 Å². The molecule has 1 N–H and O–H groups in total. The Bertz CT molecular complexity index is 499. The Balaban J connectivity index is 1.82. The van der Waals surface area contributed by atoms with E-state index in [4.69, 9.17) is 11.6 Å². The van der Waals surface area contributed by atoms with Crippen LogP contribution in [-0.4, -0.2) is 24.5 Å². The molecule has 3 rings (SSSR count). The lowest BCUT2D eigenvalue weighted by atomic mass is 10.0. The summed E-state index contributed by atoms with van der Waals surface area (Å²) in [7, 11) is 0. The smallest absolute Gasteiger partial charge is 0.244 e. The van der Waals surface area contributed by atoms with Crippen LogP contribution in [0.15, 0.2) is 18.2 Å². The number of benzene rings is 1. The molecule has 4 heteroatoms. The minimum absolute atomic E-state index is 0.0298. The highest BCUT2D eigenvalue weighted by atomic mass is 35.5. The van der Waals surface area contributed by atoms with E-state index in [0.29, 0.717) is 11.1 Å². The van der Waals surface area contributed by atoms with E-state index in [1.807, 2.05) is 30.0 Å². The van der Waals surface area contributed by atoms with Gasteiger partial charge in [-0.1, -0.05) is 17.7 Å². The van der Waals surface area contributed by atoms with Crippen LogP contribution in [0, 0.1) is 6.92 Å². The molecule has 1 aliphatic carbocycles. The molecule has 1 aliphatic heterocycles. The Morgan fingerprint density at radius 3 is 2.84 bits per heavy atom. The van der Waals surface area contributed by atoms with Gasteiger partial charge in [0.25, 0.3) is 0 Å². The number of carbonyl (C=O) groups is 1. The molecule has 1 heterocycles. The molecule has 1 saturated heterocycles. The summed E-state index contributed by atoms with van der Waals surface area (Å²) in [6.45, 7) is 2.79. The molecule has 1 amide bonds. The lowest BCUT2D eigenvalue weighted by Gasteiger charge is -2.33. The first-order valence-electron chi connectivity index (χ1n) is 6.99. The third-order valence-electron chi connectivity index (χ3n) is 3.85. The van der Waals surface area contributed by atoms with Gasteiger partial charge in [0.1, 0.15) is 0 Å². The molecule has 19 heavy (non-hydrogen) atoms. The van der Waals surface area contributed by atoms with Gasteiger partial charge in [-0.15, -0.1) is 0 Å². The zero-order valence-corrected chi connectivity index (χ0v) is 11.9. The second-order valence-electron chi connectivity index (χ2n) is 5.58. The number of rotatable bonds is 3. The highest BCUT2D eigenvalue weighted by Crippen LogP contribution is 2.30. The quantitative estimate of drug-likeness (QED) is 0.922. The summed E-state index contributed by atoms with van der Waals surface area (Å²) in [6.07, 6.45) is 4.37. The van der Waals surface area contributed by atoms with Crippen LogP contribution >= 0.6 is 11.6 Å². The summed E-state index contributed by atoms with van der Waals surface area (Å²) in [6, 6.07) is 6.37. The number of hydrogen-bond donors (Lipinski definition) is 1. The van der Waals surface area contributed by atoms with Gasteiger partial charge in [0.15, 0.2) is 0 Å². The number of amides is 1. The van der Waals surface area contributed by atoms with E-state index in [1.54, 1.807) is 0 Å². The molecule has 3 nitrogen and oxygen atoms in total. The van der Waals surface area contributed by atoms with Crippen LogP contribution in [0.1, 0.15) is 31.2 Å². The molecule has 1 aromatic carbocycles. The van der Waals surface area contributed by atoms with Crippen LogP contribution in [-0.2, 0) is 4.79 Å². The largest absolute Gasteiger partial charge is 0.310 e. The number of nitrogens with zero attached hydrogens (tertiary/aromatic N) is 1. The number of anilines is 1. The Morgan fingerprint density at radius 2 is 2.11 bits per heavy atom. The fourth-order valence-electron chi connectivity index (χ4n) is 2.63. The maximum Gasteiger partial charge on any atom is 0.244 e. The van der Waals surface area contributed by atoms with E-state index in [1.165, 1.54) is 12.8 Å². The standard InChI is InChI=1S/C15H19ClN2O/c1-10-4-7-12(16)14(9-10)18-8-2-3-13(15(18)19)17-11-5-6-11/h4,7,9,11,13,17H,2-3,5-6,8H2,1H3. The number of hydrogen-bond acceptors (Lipinski definition) is 2. The third kappa shape index (κ3) is 2.77. The maximum atomic E-state index is 12.6. The zero-order valence-electron chi connectivity index (χ0n) is 11.2. The van der Waals surface area contributed by atoms with Crippen molar-refractivity contribution in [2.24, 2.45) is 0 Å². The Hall–Kier alpha value is -1.06. The van der Waals surface area contributed by atoms with Crippen LogP contribution in [0.25, 0.3) is 0 Å². The van der Waals surface area contributed by atoms with E-state index in [-0.39, 0.29) is 11.9 Å². The van der Waals surface area contributed by atoms with Crippen LogP contribution < -0.4 is 10.2 Å². The van der Waals surface area contributed by atoms with Crippen molar-refractivity contribution in [2.75, 3.05) is 11.4 Å². The summed E-state index contributed by atoms with van der Waals surface area (Å²) in [5.41, 5.74) is 1.98. The molecule has 102 valence electrons. The van der Waals surface area contributed by atoms with Gasteiger partial charge in [0.05, 0.1) is 16.8 Å². The summed E-state index contributed by atoms with van der Waals surface area (Å²) < 4.78 is 0. The normalized spacial score (nSPS) is 23.8. The van der Waals surface area contributed by atoms with E-state index < -0.39 is 0 Å². The van der Waals surface area contributed by atoms with Crippen molar-refractivity contribution in [3.63, 3.8) is 0 Å². The minimum atomic E-state index is -0.0298. The fraction of sp³-hybridized carbons (Fsp3) is 0.533. The Morgan fingerprint density at radius 1 is 1.32 bits per heavy atom. The summed E-state index contributed by atoms with van der Waals surface area (Å²) >= 11 is 6.25. The molecule has 0 radical (unpaired) electrons. The average molecular weight is 279 g/mol. The van der Waals surface area contributed by atoms with Crippen molar-refractivity contribution in [2.45, 2.75) is 44.7 Å². The molecule has 1 saturated carbocycles. The number of aryl methyl sites for hydroxylation is 1. The molecule has 0 aromatic heterocycles. The first-order chi connectivity index (χ1) is 9.15. The maximum absolute atomic E-state index is 12.6. The topological polar surface area (TPSA) is 32.3 Å². The third-order valence-corrected chi connectivity index (χ3v) is 4.16. The van der Waals surface area contributed by atoms with Crippen LogP contribution in [0.2, 0.25) is 5.02 Å². The second-order valence-corrected chi connectivity index (χ2v) is 5.99. The van der Waals surface area contributed by atoms with E-state index in [2.05, 4.69) is 5.32 Å². The monoisotopic (exact) mass is 278 g/mol. The molecule has 2 fully saturated rings. The Labute approximate surface area is 118 Å². The lowest BCUT2D eigenvalue weighted by molar-refractivity contribution is -0.121. The van der Waals surface area contributed by atoms with Gasteiger partial charge < -0.3 is 10.2 Å². The molecule has 1 aromatic rings. The molecule has 0 spiro atoms.